The largest absolute Gasteiger partial charge is 0.416 e. The van der Waals surface area contributed by atoms with E-state index in [9.17, 15) is 18.0 Å². The highest BCUT2D eigenvalue weighted by Crippen LogP contribution is 2.32. The first kappa shape index (κ1) is 19.1. The lowest BCUT2D eigenvalue weighted by molar-refractivity contribution is -0.137. The van der Waals surface area contributed by atoms with Gasteiger partial charge in [0.2, 0.25) is 0 Å². The summed E-state index contributed by atoms with van der Waals surface area (Å²) in [6.07, 6.45) is -4.91. The van der Waals surface area contributed by atoms with Gasteiger partial charge in [0.15, 0.2) is 11.5 Å². The number of rotatable bonds is 4. The molecule has 1 aliphatic rings. The first-order valence-electron chi connectivity index (χ1n) is 8.54. The normalized spacial score (nSPS) is 17.6. The molecule has 9 heteroatoms. The Labute approximate surface area is 154 Å². The van der Waals surface area contributed by atoms with Gasteiger partial charge in [-0.3, -0.25) is 4.79 Å². The monoisotopic (exact) mass is 380 g/mol. The number of halogens is 3. The molecular weight excluding hydrogens is 361 g/mol. The zero-order valence-corrected chi connectivity index (χ0v) is 14.7. The number of alkyl halides is 3. The molecule has 0 saturated carbocycles. The Morgan fingerprint density at radius 1 is 1.30 bits per heavy atom. The van der Waals surface area contributed by atoms with E-state index in [0.717, 1.165) is 12.1 Å². The Bertz CT molecular complexity index is 796. The third-order valence-corrected chi connectivity index (χ3v) is 4.20. The van der Waals surface area contributed by atoms with Crippen molar-refractivity contribution in [1.82, 2.24) is 15.5 Å². The van der Waals surface area contributed by atoms with Gasteiger partial charge in [-0.15, -0.1) is 10.2 Å². The van der Waals surface area contributed by atoms with Crippen molar-refractivity contribution in [2.75, 3.05) is 31.1 Å². The Balaban J connectivity index is 1.74. The molecule has 1 aromatic heterocycles. The van der Waals surface area contributed by atoms with Crippen LogP contribution in [0, 0.1) is 0 Å². The zero-order valence-electron chi connectivity index (χ0n) is 14.7. The molecule has 3 rings (SSSR count). The summed E-state index contributed by atoms with van der Waals surface area (Å²) in [5.74, 6) is 0.240. The van der Waals surface area contributed by atoms with Crippen LogP contribution in [0.1, 0.15) is 34.6 Å². The quantitative estimate of drug-likeness (QED) is 0.884. The van der Waals surface area contributed by atoms with Gasteiger partial charge in [0.1, 0.15) is 6.10 Å². The maximum Gasteiger partial charge on any atom is 0.416 e. The van der Waals surface area contributed by atoms with E-state index in [1.807, 2.05) is 4.90 Å². The molecule has 0 bridgehead atoms. The number of benzene rings is 1. The van der Waals surface area contributed by atoms with Crippen LogP contribution in [0.25, 0.3) is 0 Å². The smallest absolute Gasteiger partial charge is 0.370 e. The maximum absolute atomic E-state index is 12.9. The van der Waals surface area contributed by atoms with Crippen LogP contribution >= 0.6 is 0 Å². The van der Waals surface area contributed by atoms with E-state index < -0.39 is 17.8 Å². The fraction of sp³-hybridized carbons (Fsp3) is 0.389. The van der Waals surface area contributed by atoms with Gasteiger partial charge in [-0.2, -0.15) is 13.2 Å². The highest BCUT2D eigenvalue weighted by Gasteiger charge is 2.32. The Morgan fingerprint density at radius 2 is 2.11 bits per heavy atom. The molecule has 1 aliphatic heterocycles. The summed E-state index contributed by atoms with van der Waals surface area (Å²) in [5.41, 5.74) is -0.0310. The van der Waals surface area contributed by atoms with E-state index in [2.05, 4.69) is 15.5 Å². The standard InChI is InChI=1S/C18H19F3N4O2/c1-2-22-17(26)14-6-7-16(24-23-14)25-8-9-27-15(11-25)12-4-3-5-13(10-12)18(19,20)21/h3-7,10,15H,2,8-9,11H2,1H3,(H,22,26). The van der Waals surface area contributed by atoms with Crippen molar-refractivity contribution in [3.63, 3.8) is 0 Å². The van der Waals surface area contributed by atoms with Gasteiger partial charge in [-0.05, 0) is 36.8 Å². The van der Waals surface area contributed by atoms with E-state index in [1.54, 1.807) is 25.1 Å². The number of nitrogens with zero attached hydrogens (tertiary/aromatic N) is 3. The molecule has 144 valence electrons. The molecular formula is C18H19F3N4O2. The summed E-state index contributed by atoms with van der Waals surface area (Å²) < 4.78 is 44.5. The van der Waals surface area contributed by atoms with Crippen molar-refractivity contribution in [2.45, 2.75) is 19.2 Å². The number of hydrogen-bond donors (Lipinski definition) is 1. The lowest BCUT2D eigenvalue weighted by atomic mass is 10.0. The average molecular weight is 380 g/mol. The van der Waals surface area contributed by atoms with Gasteiger partial charge in [-0.25, -0.2) is 0 Å². The topological polar surface area (TPSA) is 67.4 Å². The summed E-state index contributed by atoms with van der Waals surface area (Å²) in [7, 11) is 0. The van der Waals surface area contributed by atoms with E-state index in [0.29, 0.717) is 37.6 Å². The van der Waals surface area contributed by atoms with E-state index >= 15 is 0 Å². The van der Waals surface area contributed by atoms with Crippen LogP contribution < -0.4 is 10.2 Å². The minimum atomic E-state index is -4.40. The van der Waals surface area contributed by atoms with Crippen molar-refractivity contribution in [2.24, 2.45) is 0 Å². The minimum Gasteiger partial charge on any atom is -0.370 e. The molecule has 2 aromatic rings. The number of morpholine rings is 1. The first-order valence-corrected chi connectivity index (χ1v) is 8.54. The average Bonchev–Trinajstić information content (AvgIpc) is 2.68. The number of amides is 1. The van der Waals surface area contributed by atoms with Crippen LogP contribution in [0.5, 0.6) is 0 Å². The van der Waals surface area contributed by atoms with Crippen molar-refractivity contribution in [3.8, 4) is 0 Å². The summed E-state index contributed by atoms with van der Waals surface area (Å²) in [4.78, 5) is 13.6. The Hall–Kier alpha value is -2.68. The number of aromatic nitrogens is 2. The summed E-state index contributed by atoms with van der Waals surface area (Å²) in [5, 5.41) is 10.6. The molecule has 27 heavy (non-hydrogen) atoms. The van der Waals surface area contributed by atoms with Gasteiger partial charge in [0.05, 0.1) is 12.2 Å². The molecule has 1 N–H and O–H groups in total. The number of ether oxygens (including phenoxy) is 1. The second kappa shape index (κ2) is 7.91. The Kier molecular flexibility index (Phi) is 5.59. The fourth-order valence-electron chi connectivity index (χ4n) is 2.84. The minimum absolute atomic E-state index is 0.211. The van der Waals surface area contributed by atoms with Crippen LogP contribution in [0.3, 0.4) is 0 Å². The van der Waals surface area contributed by atoms with Gasteiger partial charge in [0, 0.05) is 19.6 Å². The molecule has 0 spiro atoms. The number of carbonyl (C=O) groups excluding carboxylic acids is 1. The molecule has 1 fully saturated rings. The molecule has 1 unspecified atom stereocenters. The third-order valence-electron chi connectivity index (χ3n) is 4.20. The summed E-state index contributed by atoms with van der Waals surface area (Å²) in [6.45, 7) is 3.52. The van der Waals surface area contributed by atoms with Crippen molar-refractivity contribution < 1.29 is 22.7 Å². The first-order chi connectivity index (χ1) is 12.9. The highest BCUT2D eigenvalue weighted by molar-refractivity contribution is 5.92. The van der Waals surface area contributed by atoms with Crippen LogP contribution in [-0.2, 0) is 10.9 Å². The second-order valence-electron chi connectivity index (χ2n) is 6.06. The van der Waals surface area contributed by atoms with Gasteiger partial charge in [0.25, 0.3) is 5.91 Å². The lowest BCUT2D eigenvalue weighted by Gasteiger charge is -2.33. The van der Waals surface area contributed by atoms with Gasteiger partial charge < -0.3 is 15.0 Å². The molecule has 1 amide bonds. The van der Waals surface area contributed by atoms with Crippen molar-refractivity contribution >= 4 is 11.7 Å². The fourth-order valence-corrected chi connectivity index (χ4v) is 2.84. The predicted octanol–water partition coefficient (Wildman–Crippen LogP) is 2.82. The molecule has 1 aromatic carbocycles. The molecule has 0 aliphatic carbocycles. The van der Waals surface area contributed by atoms with E-state index in [1.165, 1.54) is 6.07 Å². The van der Waals surface area contributed by atoms with E-state index in [4.69, 9.17) is 4.74 Å². The van der Waals surface area contributed by atoms with Crippen LogP contribution in [-0.4, -0.2) is 42.3 Å². The van der Waals surface area contributed by atoms with E-state index in [-0.39, 0.29) is 11.6 Å². The second-order valence-corrected chi connectivity index (χ2v) is 6.06. The van der Waals surface area contributed by atoms with Crippen molar-refractivity contribution in [1.29, 1.82) is 0 Å². The summed E-state index contributed by atoms with van der Waals surface area (Å²) >= 11 is 0. The molecule has 1 saturated heterocycles. The number of carbonyl (C=O) groups is 1. The summed E-state index contributed by atoms with van der Waals surface area (Å²) in [6, 6.07) is 8.39. The molecule has 6 nitrogen and oxygen atoms in total. The number of nitrogens with one attached hydrogen (secondary N) is 1. The van der Waals surface area contributed by atoms with Crippen molar-refractivity contribution in [3.05, 3.63) is 53.2 Å². The van der Waals surface area contributed by atoms with Crippen LogP contribution in [0.2, 0.25) is 0 Å². The lowest BCUT2D eigenvalue weighted by Crippen LogP contribution is -2.39. The van der Waals surface area contributed by atoms with Crippen LogP contribution in [0.4, 0.5) is 19.0 Å². The van der Waals surface area contributed by atoms with Gasteiger partial charge in [-0.1, -0.05) is 12.1 Å². The Morgan fingerprint density at radius 3 is 2.78 bits per heavy atom. The zero-order chi connectivity index (χ0) is 19.4. The number of hydrogen-bond acceptors (Lipinski definition) is 5. The van der Waals surface area contributed by atoms with Crippen LogP contribution in [0.15, 0.2) is 36.4 Å². The SMILES string of the molecule is CCNC(=O)c1ccc(N2CCOC(c3cccc(C(F)(F)F)c3)C2)nn1. The van der Waals surface area contributed by atoms with Gasteiger partial charge >= 0.3 is 6.18 Å². The predicted molar refractivity (Wildman–Crippen MR) is 92.4 cm³/mol. The number of anilines is 1. The molecule has 0 radical (unpaired) electrons. The highest BCUT2D eigenvalue weighted by atomic mass is 19.4. The third kappa shape index (κ3) is 4.54. The molecule has 1 atom stereocenters. The maximum atomic E-state index is 12.9. The molecule has 2 heterocycles.